The van der Waals surface area contributed by atoms with Gasteiger partial charge in [0.1, 0.15) is 12.4 Å². The predicted molar refractivity (Wildman–Crippen MR) is 95.4 cm³/mol. The molecular weight excluding hydrogens is 378 g/mol. The first kappa shape index (κ1) is 15.2. The molecule has 0 fully saturated rings. The molecule has 0 radical (unpaired) electrons. The lowest BCUT2D eigenvalue weighted by Crippen LogP contribution is -2.49. The maximum Gasteiger partial charge on any atom is 0.260 e. The van der Waals surface area contributed by atoms with Crippen LogP contribution >= 0.6 is 27.7 Å². The SMILES string of the molecule is CC1(C)CC2=C(SC(N3CCOc4ccc(Br)cc43)N2)C(=O)N1. The van der Waals surface area contributed by atoms with E-state index in [2.05, 4.69) is 51.4 Å². The second-order valence-electron chi connectivity index (χ2n) is 6.59. The number of rotatable bonds is 1. The van der Waals surface area contributed by atoms with E-state index in [0.29, 0.717) is 6.61 Å². The number of hydrogen-bond acceptors (Lipinski definition) is 5. The van der Waals surface area contributed by atoms with Gasteiger partial charge in [-0.2, -0.15) is 0 Å². The summed E-state index contributed by atoms with van der Waals surface area (Å²) in [6.45, 7) is 5.54. The number of nitrogens with one attached hydrogen (secondary N) is 2. The van der Waals surface area contributed by atoms with Crippen molar-refractivity contribution in [2.45, 2.75) is 31.3 Å². The third-order valence-corrected chi connectivity index (χ3v) is 5.94. The van der Waals surface area contributed by atoms with Gasteiger partial charge in [-0.05, 0) is 32.0 Å². The topological polar surface area (TPSA) is 53.6 Å². The first-order valence-corrected chi connectivity index (χ1v) is 9.28. The molecule has 0 saturated carbocycles. The minimum Gasteiger partial charge on any atom is -0.490 e. The summed E-state index contributed by atoms with van der Waals surface area (Å²) < 4.78 is 6.77. The molecule has 122 valence electrons. The van der Waals surface area contributed by atoms with E-state index in [1.54, 1.807) is 11.8 Å². The van der Waals surface area contributed by atoms with E-state index in [1.165, 1.54) is 0 Å². The fourth-order valence-electron chi connectivity index (χ4n) is 3.20. The van der Waals surface area contributed by atoms with E-state index in [-0.39, 0.29) is 16.9 Å². The quantitative estimate of drug-likeness (QED) is 0.765. The first-order chi connectivity index (χ1) is 10.9. The van der Waals surface area contributed by atoms with Crippen LogP contribution in [0.5, 0.6) is 5.75 Å². The molecule has 0 aromatic heterocycles. The zero-order chi connectivity index (χ0) is 16.2. The minimum atomic E-state index is -0.204. The first-order valence-electron chi connectivity index (χ1n) is 7.61. The summed E-state index contributed by atoms with van der Waals surface area (Å²) in [6, 6.07) is 6.03. The van der Waals surface area contributed by atoms with Crippen molar-refractivity contribution in [1.29, 1.82) is 0 Å². The molecule has 5 nitrogen and oxygen atoms in total. The molecule has 1 atom stereocenters. The molecule has 0 bridgehead atoms. The molecule has 0 spiro atoms. The summed E-state index contributed by atoms with van der Waals surface area (Å²) in [7, 11) is 0. The summed E-state index contributed by atoms with van der Waals surface area (Å²) in [5.74, 6) is 0.912. The Balaban J connectivity index is 1.61. The second kappa shape index (κ2) is 5.34. The molecule has 2 N–H and O–H groups in total. The van der Waals surface area contributed by atoms with E-state index in [4.69, 9.17) is 4.74 Å². The lowest BCUT2D eigenvalue weighted by atomic mass is 9.95. The smallest absolute Gasteiger partial charge is 0.260 e. The molecule has 0 aliphatic carbocycles. The fraction of sp³-hybridized carbons (Fsp3) is 0.438. The van der Waals surface area contributed by atoms with E-state index in [0.717, 1.165) is 39.5 Å². The molecule has 1 aromatic rings. The summed E-state index contributed by atoms with van der Waals surface area (Å²) in [6.07, 6.45) is 0.827. The summed E-state index contributed by atoms with van der Waals surface area (Å²) in [5, 5.41) is 6.62. The zero-order valence-corrected chi connectivity index (χ0v) is 15.4. The fourth-order valence-corrected chi connectivity index (χ4v) is 4.75. The van der Waals surface area contributed by atoms with Gasteiger partial charge in [0.2, 0.25) is 0 Å². The Kier molecular flexibility index (Phi) is 3.53. The third kappa shape index (κ3) is 2.70. The number of carbonyl (C=O) groups is 1. The number of benzene rings is 1. The van der Waals surface area contributed by atoms with Crippen LogP contribution in [0.4, 0.5) is 5.69 Å². The Morgan fingerprint density at radius 1 is 1.43 bits per heavy atom. The second-order valence-corrected chi connectivity index (χ2v) is 8.60. The Morgan fingerprint density at radius 3 is 3.09 bits per heavy atom. The maximum atomic E-state index is 12.3. The van der Waals surface area contributed by atoms with Gasteiger partial charge >= 0.3 is 0 Å². The Bertz CT molecular complexity index is 719. The van der Waals surface area contributed by atoms with Gasteiger partial charge in [-0.15, -0.1) is 0 Å². The molecule has 3 aliphatic rings. The highest BCUT2D eigenvalue weighted by atomic mass is 79.9. The number of carbonyl (C=O) groups excluding carboxylic acids is 1. The number of hydrogen-bond donors (Lipinski definition) is 2. The molecule has 1 amide bonds. The monoisotopic (exact) mass is 395 g/mol. The van der Waals surface area contributed by atoms with Crippen molar-refractivity contribution >= 4 is 39.3 Å². The molecule has 1 unspecified atom stereocenters. The van der Waals surface area contributed by atoms with E-state index in [1.807, 2.05) is 12.1 Å². The summed E-state index contributed by atoms with van der Waals surface area (Å²) in [5.41, 5.74) is 1.92. The Labute approximate surface area is 147 Å². The average molecular weight is 396 g/mol. The number of thioether (sulfide) groups is 1. The molecule has 4 rings (SSSR count). The molecule has 0 saturated heterocycles. The predicted octanol–water partition coefficient (Wildman–Crippen LogP) is 2.78. The number of ether oxygens (including phenoxy) is 1. The van der Waals surface area contributed by atoms with Gasteiger partial charge in [-0.25, -0.2) is 0 Å². The van der Waals surface area contributed by atoms with Gasteiger partial charge in [0.15, 0.2) is 5.50 Å². The molecule has 3 aliphatic heterocycles. The Hall–Kier alpha value is -1.34. The lowest BCUT2D eigenvalue weighted by molar-refractivity contribution is -0.118. The van der Waals surface area contributed by atoms with Crippen LogP contribution in [-0.4, -0.2) is 30.1 Å². The van der Waals surface area contributed by atoms with Crippen molar-refractivity contribution in [2.24, 2.45) is 0 Å². The summed E-state index contributed by atoms with van der Waals surface area (Å²) in [4.78, 5) is 15.4. The van der Waals surface area contributed by atoms with Gasteiger partial charge in [-0.1, -0.05) is 27.7 Å². The number of anilines is 1. The van der Waals surface area contributed by atoms with E-state index < -0.39 is 0 Å². The van der Waals surface area contributed by atoms with Crippen LogP contribution in [0.1, 0.15) is 20.3 Å². The van der Waals surface area contributed by atoms with Crippen molar-refractivity contribution < 1.29 is 9.53 Å². The molecule has 23 heavy (non-hydrogen) atoms. The van der Waals surface area contributed by atoms with Crippen molar-refractivity contribution in [2.75, 3.05) is 18.1 Å². The van der Waals surface area contributed by atoms with Gasteiger partial charge in [0.05, 0.1) is 17.1 Å². The standard InChI is InChI=1S/C16H18BrN3O2S/c1-16(2)8-10-13(14(21)19-16)23-15(18-10)20-5-6-22-12-4-3-9(17)7-11(12)20/h3-4,7,15,18H,5-6,8H2,1-2H3,(H,19,21). The molecule has 1 aromatic carbocycles. The van der Waals surface area contributed by atoms with Crippen LogP contribution in [0.3, 0.4) is 0 Å². The van der Waals surface area contributed by atoms with Crippen molar-refractivity contribution in [3.8, 4) is 5.75 Å². The zero-order valence-electron chi connectivity index (χ0n) is 13.0. The highest BCUT2D eigenvalue weighted by molar-refractivity contribution is 9.10. The number of amides is 1. The van der Waals surface area contributed by atoms with Gasteiger partial charge < -0.3 is 20.3 Å². The number of halogens is 1. The maximum absolute atomic E-state index is 12.3. The van der Waals surface area contributed by atoms with Crippen LogP contribution < -0.4 is 20.3 Å². The van der Waals surface area contributed by atoms with Crippen LogP contribution in [0.25, 0.3) is 0 Å². The third-order valence-electron chi connectivity index (χ3n) is 4.18. The van der Waals surface area contributed by atoms with Crippen molar-refractivity contribution in [3.63, 3.8) is 0 Å². The highest BCUT2D eigenvalue weighted by Crippen LogP contribution is 2.43. The van der Waals surface area contributed by atoms with E-state index >= 15 is 0 Å². The van der Waals surface area contributed by atoms with Crippen molar-refractivity contribution in [1.82, 2.24) is 10.6 Å². The van der Waals surface area contributed by atoms with Gasteiger partial charge in [0.25, 0.3) is 5.91 Å². The number of nitrogens with zero attached hydrogens (tertiary/aromatic N) is 1. The average Bonchev–Trinajstić information content (AvgIpc) is 2.89. The van der Waals surface area contributed by atoms with Gasteiger partial charge in [-0.3, -0.25) is 4.79 Å². The van der Waals surface area contributed by atoms with Gasteiger partial charge in [0, 0.05) is 22.1 Å². The molecular formula is C16H18BrN3O2S. The molecule has 7 heteroatoms. The van der Waals surface area contributed by atoms with Crippen LogP contribution in [0.2, 0.25) is 0 Å². The van der Waals surface area contributed by atoms with Crippen molar-refractivity contribution in [3.05, 3.63) is 33.3 Å². The van der Waals surface area contributed by atoms with Crippen LogP contribution in [0.15, 0.2) is 33.3 Å². The minimum absolute atomic E-state index is 0.0246. The highest BCUT2D eigenvalue weighted by Gasteiger charge is 2.40. The van der Waals surface area contributed by atoms with Crippen LogP contribution in [-0.2, 0) is 4.79 Å². The van der Waals surface area contributed by atoms with Crippen LogP contribution in [0, 0.1) is 0 Å². The Morgan fingerprint density at radius 2 is 2.26 bits per heavy atom. The normalized spacial score (nSPS) is 25.3. The summed E-state index contributed by atoms with van der Waals surface area (Å²) >= 11 is 5.12. The largest absolute Gasteiger partial charge is 0.490 e. The molecule has 3 heterocycles. The van der Waals surface area contributed by atoms with E-state index in [9.17, 15) is 4.79 Å². The lowest BCUT2D eigenvalue weighted by Gasteiger charge is -2.36. The number of fused-ring (bicyclic) bond motifs is 1.